The second kappa shape index (κ2) is 6.32. The second-order valence-electron chi connectivity index (χ2n) is 4.59. The minimum atomic E-state index is -0.822. The summed E-state index contributed by atoms with van der Waals surface area (Å²) in [6, 6.07) is 9.20. The molecule has 1 N–H and O–H groups in total. The third-order valence-electron chi connectivity index (χ3n) is 3.21. The van der Waals surface area contributed by atoms with Crippen LogP contribution in [0.3, 0.4) is 0 Å². The lowest BCUT2D eigenvalue weighted by Crippen LogP contribution is -2.16. The van der Waals surface area contributed by atoms with Crippen molar-refractivity contribution in [3.05, 3.63) is 54.5 Å². The van der Waals surface area contributed by atoms with Gasteiger partial charge in [0, 0.05) is 19.7 Å². The number of hydrogen-bond acceptors (Lipinski definition) is 3. The molecule has 21 heavy (non-hydrogen) atoms. The van der Waals surface area contributed by atoms with E-state index in [1.807, 2.05) is 18.2 Å². The fraction of sp³-hybridized carbons (Fsp3) is 0.200. The molecule has 0 spiro atoms. The normalized spacial score (nSPS) is 14.9. The van der Waals surface area contributed by atoms with E-state index in [1.165, 1.54) is 0 Å². The van der Waals surface area contributed by atoms with Gasteiger partial charge in [0.15, 0.2) is 11.5 Å². The van der Waals surface area contributed by atoms with Gasteiger partial charge in [-0.1, -0.05) is 27.5 Å². The van der Waals surface area contributed by atoms with Gasteiger partial charge in [-0.05, 0) is 52.4 Å². The zero-order valence-corrected chi connectivity index (χ0v) is 15.3. The number of aliphatic hydroxyl groups excluding tert-OH is 1. The molecule has 2 aromatic rings. The summed E-state index contributed by atoms with van der Waals surface area (Å²) in [7, 11) is 0. The zero-order valence-electron chi connectivity index (χ0n) is 10.8. The first-order valence-electron chi connectivity index (χ1n) is 6.28. The maximum absolute atomic E-state index is 10.7. The van der Waals surface area contributed by atoms with E-state index in [-0.39, 0.29) is 0 Å². The lowest BCUT2D eigenvalue weighted by molar-refractivity contribution is 0.169. The molecule has 0 aliphatic carbocycles. The monoisotopic (exact) mass is 480 g/mol. The molecule has 0 amide bonds. The highest BCUT2D eigenvalue weighted by Gasteiger charge is 2.22. The number of benzene rings is 2. The van der Waals surface area contributed by atoms with Gasteiger partial charge in [-0.15, -0.1) is 0 Å². The first-order chi connectivity index (χ1) is 10.1. The molecule has 110 valence electrons. The average Bonchev–Trinajstić information content (AvgIpc) is 2.48. The van der Waals surface area contributed by atoms with Gasteiger partial charge in [0.2, 0.25) is 0 Å². The topological polar surface area (TPSA) is 38.7 Å². The van der Waals surface area contributed by atoms with E-state index in [2.05, 4.69) is 38.5 Å². The quantitative estimate of drug-likeness (QED) is 0.640. The number of halogens is 3. The predicted molar refractivity (Wildman–Crippen MR) is 93.4 cm³/mol. The Bertz CT molecular complexity index is 693. The van der Waals surface area contributed by atoms with Crippen molar-refractivity contribution in [1.29, 1.82) is 0 Å². The number of rotatable bonds is 2. The third kappa shape index (κ3) is 3.16. The molecule has 0 aromatic heterocycles. The number of fused-ring (bicyclic) bond motifs is 1. The number of hydrogen-bond donors (Lipinski definition) is 1. The molecule has 1 aliphatic rings. The highest BCUT2D eigenvalue weighted by molar-refractivity contribution is 14.1. The maximum Gasteiger partial charge on any atom is 0.162 e. The third-order valence-corrected chi connectivity index (χ3v) is 5.01. The standard InChI is InChI=1S/C15H11BrClIO3/c16-8-1-2-12(18)10(5-8)15(19)9-6-13-14(7-11(9)17)21-4-3-20-13/h1-2,5-7,15,19H,3-4H2. The highest BCUT2D eigenvalue weighted by Crippen LogP contribution is 2.40. The Morgan fingerprint density at radius 3 is 2.48 bits per heavy atom. The molecule has 0 saturated carbocycles. The molecule has 0 radical (unpaired) electrons. The van der Waals surface area contributed by atoms with E-state index in [0.29, 0.717) is 35.3 Å². The lowest BCUT2D eigenvalue weighted by atomic mass is 10.0. The van der Waals surface area contributed by atoms with Crippen LogP contribution in [-0.2, 0) is 0 Å². The molecule has 6 heteroatoms. The van der Waals surface area contributed by atoms with Gasteiger partial charge in [-0.2, -0.15) is 0 Å². The predicted octanol–water partition coefficient (Wildman–Crippen LogP) is 4.56. The Morgan fingerprint density at radius 1 is 1.10 bits per heavy atom. The first kappa shape index (κ1) is 15.4. The second-order valence-corrected chi connectivity index (χ2v) is 7.07. The van der Waals surface area contributed by atoms with Crippen molar-refractivity contribution in [3.8, 4) is 11.5 Å². The fourth-order valence-corrected chi connectivity index (χ4v) is 3.45. The van der Waals surface area contributed by atoms with Crippen LogP contribution in [0.15, 0.2) is 34.8 Å². The van der Waals surface area contributed by atoms with Crippen LogP contribution in [0, 0.1) is 3.57 Å². The van der Waals surface area contributed by atoms with Crippen molar-refractivity contribution < 1.29 is 14.6 Å². The van der Waals surface area contributed by atoms with Crippen LogP contribution < -0.4 is 9.47 Å². The molecule has 3 rings (SSSR count). The van der Waals surface area contributed by atoms with E-state index >= 15 is 0 Å². The van der Waals surface area contributed by atoms with Crippen LogP contribution in [0.1, 0.15) is 17.2 Å². The molecule has 1 aliphatic heterocycles. The van der Waals surface area contributed by atoms with E-state index < -0.39 is 6.10 Å². The average molecular weight is 482 g/mol. The molecule has 0 bridgehead atoms. The van der Waals surface area contributed by atoms with Crippen LogP contribution in [0.4, 0.5) is 0 Å². The molecule has 3 nitrogen and oxygen atoms in total. The van der Waals surface area contributed by atoms with Gasteiger partial charge in [0.1, 0.15) is 19.3 Å². The minimum Gasteiger partial charge on any atom is -0.486 e. The van der Waals surface area contributed by atoms with Crippen LogP contribution >= 0.6 is 50.1 Å². The van der Waals surface area contributed by atoms with E-state index in [1.54, 1.807) is 12.1 Å². The fourth-order valence-electron chi connectivity index (χ4n) is 2.18. The van der Waals surface area contributed by atoms with Crippen LogP contribution in [0.2, 0.25) is 5.02 Å². The molecule has 0 saturated heterocycles. The van der Waals surface area contributed by atoms with Crippen molar-refractivity contribution >= 4 is 50.1 Å². The summed E-state index contributed by atoms with van der Waals surface area (Å²) in [5.41, 5.74) is 1.40. The smallest absolute Gasteiger partial charge is 0.162 e. The maximum atomic E-state index is 10.7. The van der Waals surface area contributed by atoms with Gasteiger partial charge in [-0.25, -0.2) is 0 Å². The number of ether oxygens (including phenoxy) is 2. The molecule has 2 aromatic carbocycles. The van der Waals surface area contributed by atoms with Crippen LogP contribution in [-0.4, -0.2) is 18.3 Å². The van der Waals surface area contributed by atoms with Crippen molar-refractivity contribution in [3.63, 3.8) is 0 Å². The Kier molecular flexibility index (Phi) is 4.63. The molecular weight excluding hydrogens is 470 g/mol. The molecule has 0 fully saturated rings. The van der Waals surface area contributed by atoms with Crippen molar-refractivity contribution in [1.82, 2.24) is 0 Å². The highest BCUT2D eigenvalue weighted by atomic mass is 127. The Morgan fingerprint density at radius 2 is 1.76 bits per heavy atom. The molecular formula is C15H11BrClIO3. The van der Waals surface area contributed by atoms with E-state index in [0.717, 1.165) is 13.6 Å². The summed E-state index contributed by atoms with van der Waals surface area (Å²) < 4.78 is 12.9. The zero-order chi connectivity index (χ0) is 15.0. The van der Waals surface area contributed by atoms with Gasteiger partial charge in [-0.3, -0.25) is 0 Å². The summed E-state index contributed by atoms with van der Waals surface area (Å²) in [5.74, 6) is 1.23. The Labute approximate surface area is 149 Å². The molecule has 1 atom stereocenters. The summed E-state index contributed by atoms with van der Waals surface area (Å²) in [6.45, 7) is 1.01. The SMILES string of the molecule is OC(c1cc2c(cc1Cl)OCCO2)c1cc(Br)ccc1I. The van der Waals surface area contributed by atoms with Crippen molar-refractivity contribution in [2.45, 2.75) is 6.10 Å². The van der Waals surface area contributed by atoms with Crippen molar-refractivity contribution in [2.24, 2.45) is 0 Å². The van der Waals surface area contributed by atoms with Gasteiger partial charge in [0.05, 0.1) is 5.02 Å². The summed E-state index contributed by atoms with van der Waals surface area (Å²) in [5, 5.41) is 11.1. The summed E-state index contributed by atoms with van der Waals surface area (Å²) in [4.78, 5) is 0. The Hall–Kier alpha value is -0.500. The minimum absolute atomic E-state index is 0.461. The van der Waals surface area contributed by atoms with Gasteiger partial charge in [0.25, 0.3) is 0 Å². The summed E-state index contributed by atoms with van der Waals surface area (Å²) >= 11 is 11.9. The first-order valence-corrected chi connectivity index (χ1v) is 8.53. The number of aliphatic hydroxyl groups is 1. The largest absolute Gasteiger partial charge is 0.486 e. The van der Waals surface area contributed by atoms with Crippen molar-refractivity contribution in [2.75, 3.05) is 13.2 Å². The van der Waals surface area contributed by atoms with E-state index in [4.69, 9.17) is 21.1 Å². The summed E-state index contributed by atoms with van der Waals surface area (Å²) in [6.07, 6.45) is -0.822. The molecule has 1 unspecified atom stereocenters. The molecule has 1 heterocycles. The van der Waals surface area contributed by atoms with Crippen LogP contribution in [0.25, 0.3) is 0 Å². The lowest BCUT2D eigenvalue weighted by Gasteiger charge is -2.22. The Balaban J connectivity index is 2.05. The van der Waals surface area contributed by atoms with Crippen LogP contribution in [0.5, 0.6) is 11.5 Å². The van der Waals surface area contributed by atoms with Gasteiger partial charge < -0.3 is 14.6 Å². The van der Waals surface area contributed by atoms with E-state index in [9.17, 15) is 5.11 Å². The van der Waals surface area contributed by atoms with Gasteiger partial charge >= 0.3 is 0 Å².